The van der Waals surface area contributed by atoms with E-state index in [4.69, 9.17) is 4.74 Å². The average Bonchev–Trinajstić information content (AvgIpc) is 2.91. The van der Waals surface area contributed by atoms with Crippen LogP contribution in [-0.2, 0) is 32.6 Å². The summed E-state index contributed by atoms with van der Waals surface area (Å²) in [7, 11) is -2.00. The Hall–Kier alpha value is -3.85. The fraction of sp³-hybridized carbons (Fsp3) is 0.412. The summed E-state index contributed by atoms with van der Waals surface area (Å²) < 4.78 is 32.3. The van der Waals surface area contributed by atoms with Crippen molar-refractivity contribution in [2.75, 3.05) is 24.2 Å². The van der Waals surface area contributed by atoms with Gasteiger partial charge in [-0.05, 0) is 87.6 Å². The summed E-state index contributed by atoms with van der Waals surface area (Å²) >= 11 is 0. The van der Waals surface area contributed by atoms with Crippen molar-refractivity contribution in [2.45, 2.75) is 72.0 Å². The van der Waals surface area contributed by atoms with Gasteiger partial charge in [0.25, 0.3) is 0 Å². The van der Waals surface area contributed by atoms with Crippen molar-refractivity contribution < 1.29 is 22.7 Å². The maximum atomic E-state index is 14.0. The largest absolute Gasteiger partial charge is 0.497 e. The van der Waals surface area contributed by atoms with Crippen LogP contribution in [0.3, 0.4) is 0 Å². The highest BCUT2D eigenvalue weighted by Crippen LogP contribution is 2.23. The molecule has 3 aromatic rings. The van der Waals surface area contributed by atoms with Crippen molar-refractivity contribution in [1.29, 1.82) is 0 Å². The van der Waals surface area contributed by atoms with E-state index in [2.05, 4.69) is 5.32 Å². The molecule has 0 aliphatic rings. The first-order chi connectivity index (χ1) is 20.2. The van der Waals surface area contributed by atoms with Crippen LogP contribution in [0.1, 0.15) is 55.9 Å². The Balaban J connectivity index is 1.93. The van der Waals surface area contributed by atoms with Crippen molar-refractivity contribution in [3.05, 3.63) is 95.1 Å². The van der Waals surface area contributed by atoms with Crippen molar-refractivity contribution >= 4 is 27.5 Å². The summed E-state index contributed by atoms with van der Waals surface area (Å²) in [5.74, 6) is 0.170. The third-order valence-electron chi connectivity index (χ3n) is 6.90. The second-order valence-electron chi connectivity index (χ2n) is 12.1. The van der Waals surface area contributed by atoms with Gasteiger partial charge in [0.2, 0.25) is 21.8 Å². The van der Waals surface area contributed by atoms with Gasteiger partial charge in [0.1, 0.15) is 11.8 Å². The van der Waals surface area contributed by atoms with Gasteiger partial charge in [-0.2, -0.15) is 0 Å². The molecular formula is C34H45N3O5S. The van der Waals surface area contributed by atoms with Crippen LogP contribution in [0.5, 0.6) is 5.75 Å². The van der Waals surface area contributed by atoms with Gasteiger partial charge in [-0.25, -0.2) is 8.42 Å². The molecule has 0 aliphatic heterocycles. The highest BCUT2D eigenvalue weighted by molar-refractivity contribution is 7.92. The minimum Gasteiger partial charge on any atom is -0.497 e. The molecule has 0 spiro atoms. The molecule has 0 saturated carbocycles. The second kappa shape index (κ2) is 14.6. The predicted molar refractivity (Wildman–Crippen MR) is 173 cm³/mol. The number of hydrogen-bond acceptors (Lipinski definition) is 5. The highest BCUT2D eigenvalue weighted by atomic mass is 32.2. The summed E-state index contributed by atoms with van der Waals surface area (Å²) in [5, 5.41) is 3.06. The molecule has 0 fully saturated rings. The molecule has 1 N–H and O–H groups in total. The molecule has 0 saturated heterocycles. The number of nitrogens with one attached hydrogen (secondary N) is 1. The summed E-state index contributed by atoms with van der Waals surface area (Å²) in [6, 6.07) is 21.9. The van der Waals surface area contributed by atoms with Crippen LogP contribution in [0.15, 0.2) is 72.8 Å². The fourth-order valence-electron chi connectivity index (χ4n) is 5.07. The summed E-state index contributed by atoms with van der Waals surface area (Å²) in [4.78, 5) is 29.4. The predicted octanol–water partition coefficient (Wildman–Crippen LogP) is 5.41. The van der Waals surface area contributed by atoms with E-state index >= 15 is 0 Å². The van der Waals surface area contributed by atoms with Crippen LogP contribution in [0.4, 0.5) is 5.69 Å². The van der Waals surface area contributed by atoms with Gasteiger partial charge in [-0.3, -0.25) is 13.9 Å². The number of methoxy groups -OCH3 is 1. The van der Waals surface area contributed by atoms with E-state index in [1.807, 2.05) is 107 Å². The van der Waals surface area contributed by atoms with Crippen molar-refractivity contribution in [1.82, 2.24) is 10.2 Å². The van der Waals surface area contributed by atoms with Crippen LogP contribution >= 0.6 is 0 Å². The number of aryl methyl sites for hydroxylation is 2. The topological polar surface area (TPSA) is 96.0 Å². The standard InChI is InChI=1S/C34H45N3O5S/c1-25-19-26(2)21-29(20-25)37(43(7,40)41)18-12-17-32(38)36(24-28-15-11-16-30(22-28)42-6)31(33(39)35-34(3,4)5)23-27-13-9-8-10-14-27/h8-11,13-16,19-22,31H,12,17-18,23-24H2,1-7H3,(H,35,39). The second-order valence-corrected chi connectivity index (χ2v) is 14.0. The smallest absolute Gasteiger partial charge is 0.243 e. The first-order valence-corrected chi connectivity index (χ1v) is 16.4. The molecular weight excluding hydrogens is 562 g/mol. The molecule has 1 unspecified atom stereocenters. The lowest BCUT2D eigenvalue weighted by molar-refractivity contribution is -0.142. The number of benzene rings is 3. The van der Waals surface area contributed by atoms with E-state index in [1.165, 1.54) is 10.6 Å². The van der Waals surface area contributed by atoms with Gasteiger partial charge in [-0.1, -0.05) is 48.5 Å². The Morgan fingerprint density at radius 1 is 0.907 bits per heavy atom. The van der Waals surface area contributed by atoms with E-state index in [0.29, 0.717) is 17.9 Å². The van der Waals surface area contributed by atoms with Crippen LogP contribution in [-0.4, -0.2) is 56.6 Å². The summed E-state index contributed by atoms with van der Waals surface area (Å²) in [6.45, 7) is 9.90. The molecule has 0 radical (unpaired) electrons. The first kappa shape index (κ1) is 33.6. The molecule has 0 heterocycles. The maximum Gasteiger partial charge on any atom is 0.243 e. The molecule has 43 heavy (non-hydrogen) atoms. The highest BCUT2D eigenvalue weighted by Gasteiger charge is 2.32. The average molecular weight is 608 g/mol. The van der Waals surface area contributed by atoms with E-state index in [-0.39, 0.29) is 37.7 Å². The minimum absolute atomic E-state index is 0.0644. The van der Waals surface area contributed by atoms with Gasteiger partial charge >= 0.3 is 0 Å². The molecule has 1 atom stereocenters. The third kappa shape index (κ3) is 10.4. The normalized spacial score (nSPS) is 12.3. The van der Waals surface area contributed by atoms with Gasteiger partial charge in [0, 0.05) is 31.5 Å². The van der Waals surface area contributed by atoms with E-state index < -0.39 is 21.6 Å². The van der Waals surface area contributed by atoms with Gasteiger partial charge < -0.3 is 15.0 Å². The third-order valence-corrected chi connectivity index (χ3v) is 8.10. The molecule has 0 aromatic heterocycles. The first-order valence-electron chi connectivity index (χ1n) is 14.5. The van der Waals surface area contributed by atoms with E-state index in [1.54, 1.807) is 12.0 Å². The van der Waals surface area contributed by atoms with Crippen molar-refractivity contribution in [2.24, 2.45) is 0 Å². The Morgan fingerprint density at radius 3 is 2.12 bits per heavy atom. The van der Waals surface area contributed by atoms with Crippen LogP contribution in [0, 0.1) is 13.8 Å². The van der Waals surface area contributed by atoms with Crippen LogP contribution in [0.2, 0.25) is 0 Å². The quantitative estimate of drug-likeness (QED) is 0.280. The summed E-state index contributed by atoms with van der Waals surface area (Å²) in [6.07, 6.45) is 1.85. The number of ether oxygens (including phenoxy) is 1. The molecule has 232 valence electrons. The number of rotatable bonds is 13. The van der Waals surface area contributed by atoms with E-state index in [0.717, 1.165) is 22.3 Å². The van der Waals surface area contributed by atoms with Gasteiger partial charge in [0.05, 0.1) is 19.1 Å². The molecule has 0 bridgehead atoms. The lowest BCUT2D eigenvalue weighted by Gasteiger charge is -2.34. The molecule has 3 aromatic carbocycles. The number of amides is 2. The zero-order valence-electron chi connectivity index (χ0n) is 26.4. The zero-order chi connectivity index (χ0) is 31.8. The monoisotopic (exact) mass is 607 g/mol. The van der Waals surface area contributed by atoms with E-state index in [9.17, 15) is 18.0 Å². The number of carbonyl (C=O) groups excluding carboxylic acids is 2. The Bertz CT molecular complexity index is 1480. The SMILES string of the molecule is COc1cccc(CN(C(=O)CCCN(c2cc(C)cc(C)c2)S(C)(=O)=O)C(Cc2ccccc2)C(=O)NC(C)(C)C)c1. The fourth-order valence-corrected chi connectivity index (χ4v) is 6.02. The lowest BCUT2D eigenvalue weighted by atomic mass is 10.00. The molecule has 0 aliphatic carbocycles. The van der Waals surface area contributed by atoms with Crippen LogP contribution in [0.25, 0.3) is 0 Å². The summed E-state index contributed by atoms with van der Waals surface area (Å²) in [5.41, 5.74) is 3.74. The van der Waals surface area contributed by atoms with Crippen molar-refractivity contribution in [3.8, 4) is 5.75 Å². The Kier molecular flexibility index (Phi) is 11.4. The van der Waals surface area contributed by atoms with Gasteiger partial charge in [0.15, 0.2) is 0 Å². The molecule has 3 rings (SSSR count). The lowest BCUT2D eigenvalue weighted by Crippen LogP contribution is -2.54. The maximum absolute atomic E-state index is 14.0. The number of anilines is 1. The number of nitrogens with zero attached hydrogens (tertiary/aromatic N) is 2. The molecule has 2 amide bonds. The minimum atomic E-state index is -3.59. The molecule has 8 nitrogen and oxygen atoms in total. The zero-order valence-corrected chi connectivity index (χ0v) is 27.2. The Morgan fingerprint density at radius 2 is 1.53 bits per heavy atom. The van der Waals surface area contributed by atoms with Gasteiger partial charge in [-0.15, -0.1) is 0 Å². The Labute approximate surface area is 257 Å². The number of carbonyl (C=O) groups is 2. The number of sulfonamides is 1. The van der Waals surface area contributed by atoms with Crippen molar-refractivity contribution in [3.63, 3.8) is 0 Å². The molecule has 9 heteroatoms. The van der Waals surface area contributed by atoms with Crippen LogP contribution < -0.4 is 14.4 Å². The number of hydrogen-bond donors (Lipinski definition) is 1.